The van der Waals surface area contributed by atoms with Gasteiger partial charge in [-0.15, -0.1) is 0 Å². The van der Waals surface area contributed by atoms with Gasteiger partial charge in [-0.1, -0.05) is 0 Å². The zero-order valence-electron chi connectivity index (χ0n) is 17.7. The summed E-state index contributed by atoms with van der Waals surface area (Å²) in [6.45, 7) is 9.51. The van der Waals surface area contributed by atoms with Crippen LogP contribution in [0.3, 0.4) is 0 Å². The molecule has 0 saturated carbocycles. The van der Waals surface area contributed by atoms with Crippen LogP contribution in [-0.2, 0) is 17.1 Å². The minimum absolute atomic E-state index is 0.0645. The molecule has 1 amide bonds. The number of alkyl halides is 2. The van der Waals surface area contributed by atoms with E-state index in [0.29, 0.717) is 43.9 Å². The van der Waals surface area contributed by atoms with Crippen LogP contribution in [0.2, 0.25) is 0 Å². The topological polar surface area (TPSA) is 58.6 Å². The minimum atomic E-state index is -2.88. The highest BCUT2D eigenvalue weighted by Crippen LogP contribution is 2.45. The van der Waals surface area contributed by atoms with E-state index < -0.39 is 11.5 Å². The highest BCUT2D eigenvalue weighted by Gasteiger charge is 2.45. The molecule has 3 aliphatic rings. The summed E-state index contributed by atoms with van der Waals surface area (Å²) in [4.78, 5) is 25.1. The van der Waals surface area contributed by atoms with Crippen LogP contribution in [0.25, 0.3) is 0 Å². The van der Waals surface area contributed by atoms with Crippen LogP contribution >= 0.6 is 0 Å². The average Bonchev–Trinajstić information content (AvgIpc) is 2.94. The lowest BCUT2D eigenvalue weighted by atomic mass is 9.90. The maximum atomic E-state index is 14.5. The monoisotopic (exact) mass is 408 g/mol. The number of amides is 1. The predicted molar refractivity (Wildman–Crippen MR) is 105 cm³/mol. The predicted octanol–water partition coefficient (Wildman–Crippen LogP) is 4.23. The molecule has 6 nitrogen and oxygen atoms in total. The lowest BCUT2D eigenvalue weighted by molar-refractivity contribution is -0.00598. The van der Waals surface area contributed by atoms with E-state index >= 15 is 0 Å². The van der Waals surface area contributed by atoms with Gasteiger partial charge in [-0.3, -0.25) is 0 Å². The van der Waals surface area contributed by atoms with E-state index in [9.17, 15) is 13.6 Å². The summed E-state index contributed by atoms with van der Waals surface area (Å²) in [5.74, 6) is -2.38. The molecule has 1 aromatic heterocycles. The van der Waals surface area contributed by atoms with Crippen molar-refractivity contribution in [2.75, 3.05) is 24.5 Å². The fraction of sp³-hybridized carbons (Fsp3) is 0.762. The molecule has 0 aromatic carbocycles. The summed E-state index contributed by atoms with van der Waals surface area (Å²) in [6, 6.07) is 0.282. The van der Waals surface area contributed by atoms with Crippen molar-refractivity contribution in [3.8, 4) is 0 Å². The summed E-state index contributed by atoms with van der Waals surface area (Å²) in [7, 11) is 0. The van der Waals surface area contributed by atoms with E-state index in [2.05, 4.69) is 11.9 Å². The highest BCUT2D eigenvalue weighted by atomic mass is 19.3. The van der Waals surface area contributed by atoms with E-state index in [1.807, 2.05) is 25.7 Å². The van der Waals surface area contributed by atoms with E-state index in [0.717, 1.165) is 18.7 Å². The smallest absolute Gasteiger partial charge is 0.410 e. The second-order valence-corrected chi connectivity index (χ2v) is 9.51. The quantitative estimate of drug-likeness (QED) is 0.733. The lowest BCUT2D eigenvalue weighted by Crippen LogP contribution is -2.47. The maximum Gasteiger partial charge on any atom is 0.410 e. The van der Waals surface area contributed by atoms with Gasteiger partial charge < -0.3 is 14.5 Å². The maximum absolute atomic E-state index is 14.5. The Morgan fingerprint density at radius 3 is 2.38 bits per heavy atom. The van der Waals surface area contributed by atoms with Crippen LogP contribution < -0.4 is 4.90 Å². The number of aromatic nitrogens is 2. The van der Waals surface area contributed by atoms with Crippen LogP contribution in [0.1, 0.15) is 76.2 Å². The first kappa shape index (κ1) is 20.3. The summed E-state index contributed by atoms with van der Waals surface area (Å²) >= 11 is 0. The fourth-order valence-corrected chi connectivity index (χ4v) is 4.38. The number of likely N-dealkylation sites (tertiary alicyclic amines) is 1. The van der Waals surface area contributed by atoms with E-state index in [4.69, 9.17) is 9.72 Å². The number of rotatable bonds is 2. The Morgan fingerprint density at radius 1 is 1.14 bits per heavy atom. The number of nitrogens with zero attached hydrogens (tertiary/aromatic N) is 4. The Bertz CT molecular complexity index is 801. The number of halogens is 2. The lowest BCUT2D eigenvalue weighted by Gasteiger charge is -2.39. The molecule has 29 heavy (non-hydrogen) atoms. The Hall–Kier alpha value is -1.99. The molecule has 3 heterocycles. The van der Waals surface area contributed by atoms with Crippen molar-refractivity contribution in [2.45, 2.75) is 83.3 Å². The van der Waals surface area contributed by atoms with E-state index in [-0.39, 0.29) is 30.2 Å². The van der Waals surface area contributed by atoms with Crippen LogP contribution in [0.5, 0.6) is 0 Å². The van der Waals surface area contributed by atoms with Crippen LogP contribution in [0.4, 0.5) is 19.5 Å². The Balaban J connectivity index is 1.55. The minimum Gasteiger partial charge on any atom is -0.444 e. The number of fused-ring (bicyclic) bond motifs is 1. The fourth-order valence-electron chi connectivity index (χ4n) is 4.38. The summed E-state index contributed by atoms with van der Waals surface area (Å²) in [5.41, 5.74) is 0.787. The first-order chi connectivity index (χ1) is 13.5. The molecule has 0 N–H and O–H groups in total. The zero-order chi connectivity index (χ0) is 21.0. The second-order valence-electron chi connectivity index (χ2n) is 9.51. The molecule has 1 aromatic rings. The molecule has 4 rings (SSSR count). The number of carbonyl (C=O) groups is 1. The number of piperidine rings is 1. The third-order valence-electron chi connectivity index (χ3n) is 6.17. The molecule has 1 atom stereocenters. The van der Waals surface area contributed by atoms with Crippen LogP contribution in [0.15, 0.2) is 0 Å². The Morgan fingerprint density at radius 2 is 1.83 bits per heavy atom. The molecule has 2 fully saturated rings. The zero-order valence-corrected chi connectivity index (χ0v) is 17.7. The number of hydrogen-bond acceptors (Lipinski definition) is 5. The van der Waals surface area contributed by atoms with Gasteiger partial charge in [-0.2, -0.15) is 8.78 Å². The van der Waals surface area contributed by atoms with Gasteiger partial charge in [0.15, 0.2) is 0 Å². The highest BCUT2D eigenvalue weighted by molar-refractivity contribution is 5.68. The van der Waals surface area contributed by atoms with Gasteiger partial charge in [-0.25, -0.2) is 14.8 Å². The van der Waals surface area contributed by atoms with Gasteiger partial charge in [0.2, 0.25) is 5.95 Å². The molecular formula is C21H30F2N4O2. The van der Waals surface area contributed by atoms with Crippen molar-refractivity contribution >= 4 is 12.0 Å². The number of anilines is 1. The summed E-state index contributed by atoms with van der Waals surface area (Å²) < 4.78 is 34.4. The van der Waals surface area contributed by atoms with E-state index in [1.54, 1.807) is 4.90 Å². The summed E-state index contributed by atoms with van der Waals surface area (Å²) in [6.07, 6.45) is 2.23. The van der Waals surface area contributed by atoms with Crippen molar-refractivity contribution in [2.24, 2.45) is 0 Å². The SMILES string of the molecule is C[C@H]1CCN1c1nc(C2CCN(C(=O)OC(C)(C)C)CC2)c2c(n1)C(F)(F)CC2. The first-order valence-electron chi connectivity index (χ1n) is 10.6. The normalized spacial score (nSPS) is 24.3. The Labute approximate surface area is 170 Å². The molecule has 0 bridgehead atoms. The van der Waals surface area contributed by atoms with Gasteiger partial charge in [0.05, 0.1) is 5.69 Å². The van der Waals surface area contributed by atoms with Gasteiger partial charge in [0, 0.05) is 43.6 Å². The van der Waals surface area contributed by atoms with Crippen molar-refractivity contribution in [1.29, 1.82) is 0 Å². The van der Waals surface area contributed by atoms with Crippen molar-refractivity contribution in [3.05, 3.63) is 17.0 Å². The van der Waals surface area contributed by atoms with Crippen molar-refractivity contribution in [1.82, 2.24) is 14.9 Å². The standard InChI is InChI=1S/C21H30F2N4O2/c1-13-6-12-27(13)18-24-16(15-5-9-21(22,23)17(15)25-18)14-7-10-26(11-8-14)19(28)29-20(2,3)4/h13-14H,5-12H2,1-4H3/t13-/m0/s1. The van der Waals surface area contributed by atoms with Gasteiger partial charge in [0.25, 0.3) is 5.92 Å². The molecule has 2 aliphatic heterocycles. The average molecular weight is 408 g/mol. The number of ether oxygens (including phenoxy) is 1. The first-order valence-corrected chi connectivity index (χ1v) is 10.6. The van der Waals surface area contributed by atoms with Gasteiger partial charge >= 0.3 is 6.09 Å². The van der Waals surface area contributed by atoms with Gasteiger partial charge in [0.1, 0.15) is 11.3 Å². The molecule has 0 unspecified atom stereocenters. The van der Waals surface area contributed by atoms with E-state index in [1.165, 1.54) is 0 Å². The molecular weight excluding hydrogens is 378 g/mol. The largest absolute Gasteiger partial charge is 0.444 e. The number of hydrogen-bond donors (Lipinski definition) is 0. The van der Waals surface area contributed by atoms with Crippen LogP contribution in [-0.4, -0.2) is 52.2 Å². The third kappa shape index (κ3) is 3.90. The number of carbonyl (C=O) groups excluding carboxylic acids is 1. The van der Waals surface area contributed by atoms with Crippen molar-refractivity contribution < 1.29 is 18.3 Å². The summed E-state index contributed by atoms with van der Waals surface area (Å²) in [5, 5.41) is 0. The van der Waals surface area contributed by atoms with Crippen LogP contribution in [0, 0.1) is 0 Å². The molecule has 8 heteroatoms. The van der Waals surface area contributed by atoms with Gasteiger partial charge in [-0.05, 0) is 53.4 Å². The van der Waals surface area contributed by atoms with Crippen molar-refractivity contribution in [3.63, 3.8) is 0 Å². The second kappa shape index (κ2) is 7.06. The molecule has 0 radical (unpaired) electrons. The Kier molecular flexibility index (Phi) is 4.94. The molecule has 160 valence electrons. The third-order valence-corrected chi connectivity index (χ3v) is 6.17. The molecule has 0 spiro atoms. The molecule has 2 saturated heterocycles. The molecule has 1 aliphatic carbocycles.